The number of aromatic nitrogens is 4. The second-order valence-corrected chi connectivity index (χ2v) is 6.52. The van der Waals surface area contributed by atoms with Crippen molar-refractivity contribution in [2.24, 2.45) is 7.05 Å². The number of carbonyl (C=O) groups is 1. The summed E-state index contributed by atoms with van der Waals surface area (Å²) in [4.78, 5) is 30.8. The molecule has 0 saturated heterocycles. The van der Waals surface area contributed by atoms with E-state index in [2.05, 4.69) is 15.4 Å². The zero-order valence-corrected chi connectivity index (χ0v) is 15.4. The molecule has 27 heavy (non-hydrogen) atoms. The summed E-state index contributed by atoms with van der Waals surface area (Å²) in [6.07, 6.45) is 2.77. The van der Waals surface area contributed by atoms with Gasteiger partial charge in [-0.15, -0.1) is 0 Å². The smallest absolute Gasteiger partial charge is 0.264 e. The fourth-order valence-corrected chi connectivity index (χ4v) is 2.91. The normalized spacial score (nSPS) is 12.5. The van der Waals surface area contributed by atoms with Crippen LogP contribution >= 0.6 is 0 Å². The molecule has 2 aromatic heterocycles. The van der Waals surface area contributed by atoms with Gasteiger partial charge in [-0.2, -0.15) is 5.10 Å². The molecule has 8 nitrogen and oxygen atoms in total. The van der Waals surface area contributed by atoms with Crippen LogP contribution in [0.4, 0.5) is 4.39 Å². The molecule has 1 aromatic carbocycles. The monoisotopic (exact) mass is 372 g/mol. The lowest BCUT2D eigenvalue weighted by molar-refractivity contribution is -0.121. The van der Waals surface area contributed by atoms with E-state index in [1.165, 1.54) is 33.9 Å². The van der Waals surface area contributed by atoms with Crippen LogP contribution in [0.5, 0.6) is 0 Å². The minimum Gasteiger partial charge on any atom is -0.353 e. The third-order valence-electron chi connectivity index (χ3n) is 4.38. The van der Waals surface area contributed by atoms with E-state index in [4.69, 9.17) is 0 Å². The van der Waals surface area contributed by atoms with Crippen LogP contribution in [0.1, 0.15) is 11.6 Å². The molecule has 3 aromatic rings. The van der Waals surface area contributed by atoms with Gasteiger partial charge in [0, 0.05) is 13.6 Å². The van der Waals surface area contributed by atoms with Crippen LogP contribution in [0, 0.1) is 5.82 Å². The Morgan fingerprint density at radius 2 is 2.15 bits per heavy atom. The minimum atomic E-state index is -0.328. The second kappa shape index (κ2) is 7.67. The Morgan fingerprint density at radius 1 is 1.37 bits per heavy atom. The fraction of sp³-hybridized carbons (Fsp3) is 0.333. The van der Waals surface area contributed by atoms with E-state index < -0.39 is 0 Å². The molecule has 0 aliphatic carbocycles. The predicted molar refractivity (Wildman–Crippen MR) is 98.6 cm³/mol. The van der Waals surface area contributed by atoms with E-state index in [0.29, 0.717) is 11.0 Å². The molecule has 3 rings (SSSR count). The molecule has 0 aliphatic heterocycles. The van der Waals surface area contributed by atoms with Gasteiger partial charge in [0.2, 0.25) is 5.91 Å². The summed E-state index contributed by atoms with van der Waals surface area (Å²) in [5, 5.41) is 7.16. The number of nitrogens with one attached hydrogen (secondary N) is 1. The lowest BCUT2D eigenvalue weighted by atomic mass is 10.1. The first-order valence-corrected chi connectivity index (χ1v) is 8.42. The van der Waals surface area contributed by atoms with Gasteiger partial charge in [0.15, 0.2) is 5.65 Å². The lowest BCUT2D eigenvalue weighted by Gasteiger charge is -2.25. The number of hydrogen-bond acceptors (Lipinski definition) is 5. The number of amides is 1. The number of halogens is 1. The third kappa shape index (κ3) is 4.03. The van der Waals surface area contributed by atoms with Crippen molar-refractivity contribution in [2.45, 2.75) is 12.6 Å². The Labute approximate surface area is 155 Å². The quantitative estimate of drug-likeness (QED) is 0.688. The van der Waals surface area contributed by atoms with Crippen molar-refractivity contribution in [1.29, 1.82) is 0 Å². The molecule has 1 amide bonds. The first-order valence-electron chi connectivity index (χ1n) is 8.42. The summed E-state index contributed by atoms with van der Waals surface area (Å²) in [5.41, 5.74) is 0.906. The van der Waals surface area contributed by atoms with Crippen molar-refractivity contribution in [1.82, 2.24) is 29.5 Å². The van der Waals surface area contributed by atoms with Crippen molar-refractivity contribution in [3.8, 4) is 0 Å². The Balaban J connectivity index is 1.70. The molecular weight excluding hydrogens is 351 g/mol. The maximum Gasteiger partial charge on any atom is 0.264 e. The summed E-state index contributed by atoms with van der Waals surface area (Å²) in [6.45, 7) is 0.132. The molecule has 0 radical (unpaired) electrons. The van der Waals surface area contributed by atoms with E-state index in [1.807, 2.05) is 25.1 Å². The molecular formula is C18H21FN6O2. The number of fused-ring (bicyclic) bond motifs is 1. The first kappa shape index (κ1) is 18.7. The Hall–Kier alpha value is -3.07. The number of rotatable bonds is 6. The minimum absolute atomic E-state index is 0.153. The Kier molecular flexibility index (Phi) is 5.31. The van der Waals surface area contributed by atoms with Gasteiger partial charge in [0.1, 0.15) is 24.1 Å². The topological polar surface area (TPSA) is 85.1 Å². The van der Waals surface area contributed by atoms with Gasteiger partial charge in [0.05, 0.1) is 12.2 Å². The summed E-state index contributed by atoms with van der Waals surface area (Å²) in [6, 6.07) is 6.08. The zero-order valence-electron chi connectivity index (χ0n) is 15.4. The molecule has 1 N–H and O–H groups in total. The highest BCUT2D eigenvalue weighted by atomic mass is 19.1. The standard InChI is InChI=1S/C18H21FN6O2/c1-23(2)15(12-5-4-6-13(19)7-12)9-20-16(26)10-25-11-21-17-14(18(25)27)8-22-24(17)3/h4-8,11,15H,9-10H2,1-3H3,(H,20,26). The van der Waals surface area contributed by atoms with Gasteiger partial charge in [-0.1, -0.05) is 12.1 Å². The van der Waals surface area contributed by atoms with Crippen molar-refractivity contribution in [3.63, 3.8) is 0 Å². The van der Waals surface area contributed by atoms with Crippen LogP contribution in [0.3, 0.4) is 0 Å². The molecule has 9 heteroatoms. The molecule has 0 saturated carbocycles. The van der Waals surface area contributed by atoms with Crippen LogP contribution in [0.25, 0.3) is 11.0 Å². The predicted octanol–water partition coefficient (Wildman–Crippen LogP) is 0.688. The summed E-state index contributed by atoms with van der Waals surface area (Å²) in [7, 11) is 5.40. The maximum atomic E-state index is 13.5. The highest BCUT2D eigenvalue weighted by Crippen LogP contribution is 2.18. The van der Waals surface area contributed by atoms with Crippen LogP contribution < -0.4 is 10.9 Å². The van der Waals surface area contributed by atoms with Gasteiger partial charge in [0.25, 0.3) is 5.56 Å². The average molecular weight is 372 g/mol. The van der Waals surface area contributed by atoms with E-state index in [0.717, 1.165) is 5.56 Å². The van der Waals surface area contributed by atoms with Gasteiger partial charge in [-0.3, -0.25) is 18.8 Å². The van der Waals surface area contributed by atoms with E-state index in [9.17, 15) is 14.0 Å². The average Bonchev–Trinajstić information content (AvgIpc) is 2.99. The molecule has 0 fully saturated rings. The van der Waals surface area contributed by atoms with Crippen LogP contribution in [-0.4, -0.2) is 50.8 Å². The third-order valence-corrected chi connectivity index (χ3v) is 4.38. The Bertz CT molecular complexity index is 1030. The van der Waals surface area contributed by atoms with Crippen LogP contribution in [0.15, 0.2) is 41.6 Å². The maximum absolute atomic E-state index is 13.5. The number of benzene rings is 1. The van der Waals surface area contributed by atoms with Crippen LogP contribution in [0.2, 0.25) is 0 Å². The van der Waals surface area contributed by atoms with Crippen molar-refractivity contribution in [3.05, 3.63) is 58.5 Å². The van der Waals surface area contributed by atoms with E-state index in [-0.39, 0.29) is 36.4 Å². The van der Waals surface area contributed by atoms with Crippen molar-refractivity contribution < 1.29 is 9.18 Å². The van der Waals surface area contributed by atoms with Gasteiger partial charge in [-0.25, -0.2) is 9.37 Å². The molecule has 1 atom stereocenters. The number of nitrogens with zero attached hydrogens (tertiary/aromatic N) is 5. The first-order chi connectivity index (χ1) is 12.9. The van der Waals surface area contributed by atoms with Crippen molar-refractivity contribution >= 4 is 16.9 Å². The van der Waals surface area contributed by atoms with E-state index in [1.54, 1.807) is 13.1 Å². The van der Waals surface area contributed by atoms with E-state index >= 15 is 0 Å². The van der Waals surface area contributed by atoms with Crippen molar-refractivity contribution in [2.75, 3.05) is 20.6 Å². The highest BCUT2D eigenvalue weighted by molar-refractivity contribution is 5.77. The Morgan fingerprint density at radius 3 is 2.85 bits per heavy atom. The number of aryl methyl sites for hydroxylation is 1. The van der Waals surface area contributed by atoms with Gasteiger partial charge < -0.3 is 10.2 Å². The molecule has 1 unspecified atom stereocenters. The summed E-state index contributed by atoms with van der Waals surface area (Å²) in [5.74, 6) is -0.654. The summed E-state index contributed by atoms with van der Waals surface area (Å²) >= 11 is 0. The highest BCUT2D eigenvalue weighted by Gasteiger charge is 2.17. The molecule has 0 aliphatic rings. The van der Waals surface area contributed by atoms with Gasteiger partial charge in [-0.05, 0) is 31.8 Å². The molecule has 142 valence electrons. The SMILES string of the molecule is CN(C)C(CNC(=O)Cn1cnc2c(cnn2C)c1=O)c1cccc(F)c1. The molecule has 2 heterocycles. The summed E-state index contributed by atoms with van der Waals surface area (Å²) < 4.78 is 16.2. The molecule has 0 bridgehead atoms. The van der Waals surface area contributed by atoms with Crippen LogP contribution in [-0.2, 0) is 18.4 Å². The van der Waals surface area contributed by atoms with Gasteiger partial charge >= 0.3 is 0 Å². The zero-order chi connectivity index (χ0) is 19.6. The number of carbonyl (C=O) groups excluding carboxylic acids is 1. The largest absolute Gasteiger partial charge is 0.353 e. The number of likely N-dealkylation sites (N-methyl/N-ethyl adjacent to an activating group) is 1. The second-order valence-electron chi connectivity index (χ2n) is 6.52. The number of hydrogen-bond donors (Lipinski definition) is 1. The fourth-order valence-electron chi connectivity index (χ4n) is 2.91. The lowest BCUT2D eigenvalue weighted by Crippen LogP contribution is -2.37. The molecule has 0 spiro atoms.